The molecule has 0 unspecified atom stereocenters. The van der Waals surface area contributed by atoms with E-state index in [0.717, 1.165) is 27.7 Å². The Hall–Kier alpha value is -3.08. The van der Waals surface area contributed by atoms with Crippen LogP contribution in [0.25, 0.3) is 10.9 Å². The van der Waals surface area contributed by atoms with Crippen LogP contribution in [0.15, 0.2) is 42.5 Å². The summed E-state index contributed by atoms with van der Waals surface area (Å²) in [6.07, 6.45) is 0.278. The van der Waals surface area contributed by atoms with Crippen molar-refractivity contribution in [1.82, 2.24) is 10.3 Å². The van der Waals surface area contributed by atoms with Gasteiger partial charge >= 0.3 is 0 Å². The van der Waals surface area contributed by atoms with Gasteiger partial charge in [-0.15, -0.1) is 0 Å². The van der Waals surface area contributed by atoms with Gasteiger partial charge in [0.25, 0.3) is 5.91 Å². The Morgan fingerprint density at radius 2 is 1.85 bits per heavy atom. The molecule has 0 fully saturated rings. The number of anilines is 1. The first kappa shape index (κ1) is 17.7. The Bertz CT molecular complexity index is 973. The summed E-state index contributed by atoms with van der Waals surface area (Å²) >= 11 is 0. The Kier molecular flexibility index (Phi) is 5.07. The minimum atomic E-state index is -0.143. The molecule has 0 saturated carbocycles. The second-order valence-corrected chi connectivity index (χ2v) is 6.39. The van der Waals surface area contributed by atoms with Crippen LogP contribution in [0.2, 0.25) is 0 Å². The summed E-state index contributed by atoms with van der Waals surface area (Å²) in [6.45, 7) is 6.32. The van der Waals surface area contributed by atoms with Crippen molar-refractivity contribution in [2.24, 2.45) is 0 Å². The Labute approximate surface area is 152 Å². The quantitative estimate of drug-likeness (QED) is 0.657. The standard InChI is InChI=1S/C21H23N3O2/c1-4-22-21(26)15-10-9-13(2)19(11-15)24-20(25)12-17-14(3)23-18-8-6-5-7-16(17)18/h5-11,23H,4,12H2,1-3H3,(H,22,26)(H,24,25). The summed E-state index contributed by atoms with van der Waals surface area (Å²) in [4.78, 5) is 27.9. The molecule has 1 heterocycles. The van der Waals surface area contributed by atoms with Crippen molar-refractivity contribution in [3.05, 3.63) is 64.8 Å². The highest BCUT2D eigenvalue weighted by molar-refractivity contribution is 5.99. The topological polar surface area (TPSA) is 74.0 Å². The average Bonchev–Trinajstić information content (AvgIpc) is 2.92. The minimum Gasteiger partial charge on any atom is -0.358 e. The van der Waals surface area contributed by atoms with Crippen LogP contribution in [0, 0.1) is 13.8 Å². The van der Waals surface area contributed by atoms with Crippen molar-refractivity contribution in [2.75, 3.05) is 11.9 Å². The summed E-state index contributed by atoms with van der Waals surface area (Å²) < 4.78 is 0. The molecule has 0 saturated heterocycles. The van der Waals surface area contributed by atoms with Gasteiger partial charge in [-0.2, -0.15) is 0 Å². The molecule has 2 aromatic carbocycles. The minimum absolute atomic E-state index is 0.103. The van der Waals surface area contributed by atoms with E-state index in [9.17, 15) is 9.59 Å². The van der Waals surface area contributed by atoms with E-state index in [4.69, 9.17) is 0 Å². The largest absolute Gasteiger partial charge is 0.358 e. The molecule has 134 valence electrons. The van der Waals surface area contributed by atoms with Gasteiger partial charge in [0.15, 0.2) is 0 Å². The molecule has 0 aliphatic carbocycles. The third-order valence-electron chi connectivity index (χ3n) is 4.48. The van der Waals surface area contributed by atoms with Crippen LogP contribution in [0.1, 0.15) is 34.1 Å². The Morgan fingerprint density at radius 1 is 1.08 bits per heavy atom. The number of carbonyl (C=O) groups is 2. The third kappa shape index (κ3) is 3.61. The summed E-state index contributed by atoms with van der Waals surface area (Å²) in [6, 6.07) is 13.3. The van der Waals surface area contributed by atoms with Gasteiger partial charge < -0.3 is 15.6 Å². The number of aryl methyl sites for hydroxylation is 2. The molecule has 1 aromatic heterocycles. The molecule has 0 bridgehead atoms. The monoisotopic (exact) mass is 349 g/mol. The Morgan fingerprint density at radius 3 is 2.62 bits per heavy atom. The number of aromatic amines is 1. The van der Waals surface area contributed by atoms with Crippen molar-refractivity contribution < 1.29 is 9.59 Å². The molecule has 0 spiro atoms. The molecule has 5 nitrogen and oxygen atoms in total. The SMILES string of the molecule is CCNC(=O)c1ccc(C)c(NC(=O)Cc2c(C)[nH]c3ccccc23)c1. The number of hydrogen-bond acceptors (Lipinski definition) is 2. The van der Waals surface area contributed by atoms with Gasteiger partial charge in [-0.1, -0.05) is 24.3 Å². The number of nitrogens with one attached hydrogen (secondary N) is 3. The molecule has 0 atom stereocenters. The predicted molar refractivity (Wildman–Crippen MR) is 105 cm³/mol. The van der Waals surface area contributed by atoms with Crippen LogP contribution < -0.4 is 10.6 Å². The van der Waals surface area contributed by atoms with E-state index in [1.807, 2.05) is 51.1 Å². The maximum Gasteiger partial charge on any atom is 0.251 e. The van der Waals surface area contributed by atoms with Gasteiger partial charge in [0, 0.05) is 34.4 Å². The molecule has 2 amide bonds. The fourth-order valence-corrected chi connectivity index (χ4v) is 3.08. The second kappa shape index (κ2) is 7.44. The van der Waals surface area contributed by atoms with Gasteiger partial charge in [0.1, 0.15) is 0 Å². The van der Waals surface area contributed by atoms with Crippen molar-refractivity contribution in [3.63, 3.8) is 0 Å². The zero-order chi connectivity index (χ0) is 18.7. The number of para-hydroxylation sites is 1. The second-order valence-electron chi connectivity index (χ2n) is 6.39. The van der Waals surface area contributed by atoms with Crippen LogP contribution in [-0.4, -0.2) is 23.3 Å². The molecular formula is C21H23N3O2. The first-order valence-corrected chi connectivity index (χ1v) is 8.74. The van der Waals surface area contributed by atoms with Gasteiger partial charge in [0.2, 0.25) is 5.91 Å². The highest BCUT2D eigenvalue weighted by Gasteiger charge is 2.14. The van der Waals surface area contributed by atoms with Crippen LogP contribution in [0.4, 0.5) is 5.69 Å². The number of H-pyrrole nitrogens is 1. The smallest absolute Gasteiger partial charge is 0.251 e. The number of aromatic nitrogens is 1. The van der Waals surface area contributed by atoms with E-state index >= 15 is 0 Å². The fraction of sp³-hybridized carbons (Fsp3) is 0.238. The first-order chi connectivity index (χ1) is 12.5. The molecular weight excluding hydrogens is 326 g/mol. The van der Waals surface area contributed by atoms with E-state index in [1.54, 1.807) is 12.1 Å². The zero-order valence-corrected chi connectivity index (χ0v) is 15.3. The molecule has 0 aliphatic rings. The van der Waals surface area contributed by atoms with Crippen LogP contribution >= 0.6 is 0 Å². The van der Waals surface area contributed by atoms with E-state index in [0.29, 0.717) is 17.8 Å². The fourth-order valence-electron chi connectivity index (χ4n) is 3.08. The lowest BCUT2D eigenvalue weighted by atomic mass is 10.1. The van der Waals surface area contributed by atoms with Crippen LogP contribution in [0.3, 0.4) is 0 Å². The highest BCUT2D eigenvalue weighted by atomic mass is 16.2. The molecule has 5 heteroatoms. The number of fused-ring (bicyclic) bond motifs is 1. The highest BCUT2D eigenvalue weighted by Crippen LogP contribution is 2.23. The van der Waals surface area contributed by atoms with Crippen LogP contribution in [-0.2, 0) is 11.2 Å². The normalized spacial score (nSPS) is 10.7. The van der Waals surface area contributed by atoms with E-state index in [2.05, 4.69) is 15.6 Å². The maximum absolute atomic E-state index is 12.6. The lowest BCUT2D eigenvalue weighted by Gasteiger charge is -2.11. The average molecular weight is 349 g/mol. The molecule has 3 rings (SSSR count). The van der Waals surface area contributed by atoms with E-state index < -0.39 is 0 Å². The van der Waals surface area contributed by atoms with Crippen molar-refractivity contribution >= 4 is 28.4 Å². The number of rotatable bonds is 5. The molecule has 3 aromatic rings. The number of hydrogen-bond donors (Lipinski definition) is 3. The van der Waals surface area contributed by atoms with Gasteiger partial charge in [-0.3, -0.25) is 9.59 Å². The Balaban J connectivity index is 1.80. The summed E-state index contributed by atoms with van der Waals surface area (Å²) in [5.41, 5.74) is 5.14. The lowest BCUT2D eigenvalue weighted by Crippen LogP contribution is -2.23. The number of carbonyl (C=O) groups excluding carboxylic acids is 2. The number of benzene rings is 2. The molecule has 26 heavy (non-hydrogen) atoms. The van der Waals surface area contributed by atoms with Gasteiger partial charge in [0.05, 0.1) is 6.42 Å². The number of amides is 2. The van der Waals surface area contributed by atoms with Crippen LogP contribution in [0.5, 0.6) is 0 Å². The maximum atomic E-state index is 12.6. The van der Waals surface area contributed by atoms with Crippen molar-refractivity contribution in [2.45, 2.75) is 27.2 Å². The molecule has 0 radical (unpaired) electrons. The van der Waals surface area contributed by atoms with Crippen molar-refractivity contribution in [3.8, 4) is 0 Å². The van der Waals surface area contributed by atoms with E-state index in [1.165, 1.54) is 0 Å². The van der Waals surface area contributed by atoms with E-state index in [-0.39, 0.29) is 18.2 Å². The van der Waals surface area contributed by atoms with Crippen molar-refractivity contribution in [1.29, 1.82) is 0 Å². The summed E-state index contributed by atoms with van der Waals surface area (Å²) in [7, 11) is 0. The summed E-state index contributed by atoms with van der Waals surface area (Å²) in [5.74, 6) is -0.246. The molecule has 0 aliphatic heterocycles. The predicted octanol–water partition coefficient (Wildman–Crippen LogP) is 3.72. The van der Waals surface area contributed by atoms with Gasteiger partial charge in [-0.05, 0) is 50.1 Å². The van der Waals surface area contributed by atoms with Gasteiger partial charge in [-0.25, -0.2) is 0 Å². The zero-order valence-electron chi connectivity index (χ0n) is 15.3. The first-order valence-electron chi connectivity index (χ1n) is 8.74. The molecule has 3 N–H and O–H groups in total. The lowest BCUT2D eigenvalue weighted by molar-refractivity contribution is -0.115. The third-order valence-corrected chi connectivity index (χ3v) is 4.48. The summed E-state index contributed by atoms with van der Waals surface area (Å²) in [5, 5.41) is 6.78.